The van der Waals surface area contributed by atoms with E-state index in [1.807, 2.05) is 0 Å². The van der Waals surface area contributed by atoms with Crippen molar-refractivity contribution in [3.05, 3.63) is 26.8 Å². The quantitative estimate of drug-likeness (QED) is 0.613. The Bertz CT molecular complexity index is 426. The van der Waals surface area contributed by atoms with E-state index in [4.69, 9.17) is 0 Å². The SMILES string of the molecule is CCOC(=O)Cc1nc(C(F)F)c(F)cc1I. The van der Waals surface area contributed by atoms with Crippen molar-refractivity contribution in [1.82, 2.24) is 4.98 Å². The zero-order chi connectivity index (χ0) is 13.0. The molecule has 7 heteroatoms. The molecule has 1 aromatic heterocycles. The van der Waals surface area contributed by atoms with Gasteiger partial charge in [0, 0.05) is 3.57 Å². The molecule has 0 aliphatic carbocycles. The van der Waals surface area contributed by atoms with E-state index in [0.717, 1.165) is 6.07 Å². The summed E-state index contributed by atoms with van der Waals surface area (Å²) in [6.45, 7) is 1.82. The van der Waals surface area contributed by atoms with Crippen molar-refractivity contribution in [3.8, 4) is 0 Å². The Balaban J connectivity index is 2.99. The Labute approximate surface area is 110 Å². The molecule has 0 atom stereocenters. The van der Waals surface area contributed by atoms with Gasteiger partial charge in [-0.3, -0.25) is 4.79 Å². The molecule has 0 amide bonds. The summed E-state index contributed by atoms with van der Waals surface area (Å²) in [5, 5.41) is 0. The number of esters is 1. The van der Waals surface area contributed by atoms with E-state index < -0.39 is 23.9 Å². The van der Waals surface area contributed by atoms with E-state index in [-0.39, 0.29) is 18.7 Å². The molecule has 0 fully saturated rings. The number of rotatable bonds is 4. The van der Waals surface area contributed by atoms with Crippen LogP contribution in [0.3, 0.4) is 0 Å². The van der Waals surface area contributed by atoms with Gasteiger partial charge in [-0.05, 0) is 35.6 Å². The molecule has 0 saturated heterocycles. The minimum atomic E-state index is -3.01. The average Bonchev–Trinajstić information content (AvgIpc) is 2.21. The maximum atomic E-state index is 13.1. The minimum Gasteiger partial charge on any atom is -0.466 e. The van der Waals surface area contributed by atoms with Crippen molar-refractivity contribution in [2.75, 3.05) is 6.61 Å². The molecule has 1 rings (SSSR count). The number of carbonyl (C=O) groups is 1. The first-order chi connectivity index (χ1) is 7.95. The number of hydrogen-bond donors (Lipinski definition) is 0. The van der Waals surface area contributed by atoms with Gasteiger partial charge in [-0.1, -0.05) is 0 Å². The number of ether oxygens (including phenoxy) is 1. The zero-order valence-corrected chi connectivity index (χ0v) is 11.0. The fourth-order valence-corrected chi connectivity index (χ4v) is 1.73. The number of alkyl halides is 2. The number of carbonyl (C=O) groups excluding carboxylic acids is 1. The number of halogens is 4. The topological polar surface area (TPSA) is 39.2 Å². The lowest BCUT2D eigenvalue weighted by atomic mass is 10.2. The second-order valence-corrected chi connectivity index (χ2v) is 4.23. The highest BCUT2D eigenvalue weighted by molar-refractivity contribution is 14.1. The molecule has 0 aliphatic rings. The van der Waals surface area contributed by atoms with E-state index in [9.17, 15) is 18.0 Å². The van der Waals surface area contributed by atoms with Crippen molar-refractivity contribution < 1.29 is 22.7 Å². The largest absolute Gasteiger partial charge is 0.466 e. The lowest BCUT2D eigenvalue weighted by Crippen LogP contribution is -2.12. The second-order valence-electron chi connectivity index (χ2n) is 3.07. The zero-order valence-electron chi connectivity index (χ0n) is 8.84. The van der Waals surface area contributed by atoms with Gasteiger partial charge in [0.25, 0.3) is 6.43 Å². The first kappa shape index (κ1) is 14.2. The first-order valence-electron chi connectivity index (χ1n) is 4.74. The van der Waals surface area contributed by atoms with Crippen LogP contribution in [0.1, 0.15) is 24.7 Å². The molecule has 0 spiro atoms. The monoisotopic (exact) mass is 359 g/mol. The summed E-state index contributed by atoms with van der Waals surface area (Å²) in [5.74, 6) is -1.65. The van der Waals surface area contributed by atoms with E-state index >= 15 is 0 Å². The molecule has 0 unspecified atom stereocenters. The molecular formula is C10H9F3INO2. The number of pyridine rings is 1. The van der Waals surface area contributed by atoms with Crippen LogP contribution in [0, 0.1) is 9.39 Å². The van der Waals surface area contributed by atoms with Crippen LogP contribution >= 0.6 is 22.6 Å². The Hall–Kier alpha value is -0.860. The van der Waals surface area contributed by atoms with E-state index in [1.54, 1.807) is 29.5 Å². The Kier molecular flexibility index (Phi) is 5.16. The van der Waals surface area contributed by atoms with Crippen LogP contribution in [-0.4, -0.2) is 17.6 Å². The number of hydrogen-bond acceptors (Lipinski definition) is 3. The standard InChI is InChI=1S/C10H9F3INO2/c1-2-17-8(16)4-7-6(14)3-5(11)9(15-7)10(12)13/h3,10H,2,4H2,1H3. The van der Waals surface area contributed by atoms with Crippen molar-refractivity contribution in [2.24, 2.45) is 0 Å². The molecule has 0 aliphatic heterocycles. The lowest BCUT2D eigenvalue weighted by molar-refractivity contribution is -0.142. The Morgan fingerprint density at radius 3 is 2.76 bits per heavy atom. The normalized spacial score (nSPS) is 10.7. The van der Waals surface area contributed by atoms with Gasteiger partial charge < -0.3 is 4.74 Å². The second kappa shape index (κ2) is 6.18. The number of nitrogens with zero attached hydrogens (tertiary/aromatic N) is 1. The van der Waals surface area contributed by atoms with Gasteiger partial charge >= 0.3 is 5.97 Å². The molecule has 0 radical (unpaired) electrons. The summed E-state index contributed by atoms with van der Waals surface area (Å²) in [6, 6.07) is 0.934. The summed E-state index contributed by atoms with van der Waals surface area (Å²) in [7, 11) is 0. The Morgan fingerprint density at radius 2 is 2.24 bits per heavy atom. The highest BCUT2D eigenvalue weighted by Gasteiger charge is 2.19. The molecule has 1 heterocycles. The van der Waals surface area contributed by atoms with Gasteiger partial charge in [0.15, 0.2) is 5.82 Å². The molecule has 1 aromatic rings. The van der Waals surface area contributed by atoms with Gasteiger partial charge in [-0.2, -0.15) is 0 Å². The third-order valence-corrected chi connectivity index (χ3v) is 2.79. The van der Waals surface area contributed by atoms with E-state index in [0.29, 0.717) is 3.57 Å². The molecule has 0 saturated carbocycles. The first-order valence-corrected chi connectivity index (χ1v) is 5.82. The fourth-order valence-electron chi connectivity index (χ4n) is 1.15. The van der Waals surface area contributed by atoms with Crippen LogP contribution in [0.25, 0.3) is 0 Å². The van der Waals surface area contributed by atoms with Crippen LogP contribution < -0.4 is 0 Å². The van der Waals surface area contributed by atoms with E-state index in [2.05, 4.69) is 9.72 Å². The average molecular weight is 359 g/mol. The summed E-state index contributed by atoms with van der Waals surface area (Å²) in [5.41, 5.74) is -0.842. The van der Waals surface area contributed by atoms with Crippen LogP contribution in [0.2, 0.25) is 0 Å². The summed E-state index contributed by atoms with van der Waals surface area (Å²) in [6.07, 6.45) is -3.25. The third-order valence-electron chi connectivity index (χ3n) is 1.85. The van der Waals surface area contributed by atoms with Gasteiger partial charge in [0.05, 0.1) is 18.7 Å². The summed E-state index contributed by atoms with van der Waals surface area (Å²) in [4.78, 5) is 14.6. The highest BCUT2D eigenvalue weighted by atomic mass is 127. The maximum Gasteiger partial charge on any atom is 0.311 e. The van der Waals surface area contributed by atoms with Crippen molar-refractivity contribution in [1.29, 1.82) is 0 Å². The van der Waals surface area contributed by atoms with Gasteiger partial charge in [0.1, 0.15) is 5.69 Å². The summed E-state index contributed by atoms with van der Waals surface area (Å²) < 4.78 is 42.9. The third kappa shape index (κ3) is 3.83. The van der Waals surface area contributed by atoms with E-state index in [1.165, 1.54) is 0 Å². The summed E-state index contributed by atoms with van der Waals surface area (Å²) >= 11 is 1.73. The van der Waals surface area contributed by atoms with Gasteiger partial charge in [-0.15, -0.1) is 0 Å². The van der Waals surface area contributed by atoms with Crippen molar-refractivity contribution in [3.63, 3.8) is 0 Å². The molecule has 17 heavy (non-hydrogen) atoms. The molecule has 94 valence electrons. The minimum absolute atomic E-state index is 0.0979. The Morgan fingerprint density at radius 1 is 1.59 bits per heavy atom. The van der Waals surface area contributed by atoms with Crippen LogP contribution in [0.4, 0.5) is 13.2 Å². The predicted molar refractivity (Wildman–Crippen MR) is 62.2 cm³/mol. The number of aromatic nitrogens is 1. The highest BCUT2D eigenvalue weighted by Crippen LogP contribution is 2.23. The van der Waals surface area contributed by atoms with Gasteiger partial charge in [0.2, 0.25) is 0 Å². The molecule has 0 N–H and O–H groups in total. The van der Waals surface area contributed by atoms with Gasteiger partial charge in [-0.25, -0.2) is 18.2 Å². The fraction of sp³-hybridized carbons (Fsp3) is 0.400. The predicted octanol–water partition coefficient (Wildman–Crippen LogP) is 2.87. The molecule has 3 nitrogen and oxygen atoms in total. The molecule has 0 aromatic carbocycles. The molecule has 0 bridgehead atoms. The van der Waals surface area contributed by atoms with Crippen LogP contribution in [0.5, 0.6) is 0 Å². The van der Waals surface area contributed by atoms with Crippen LogP contribution in [-0.2, 0) is 16.0 Å². The maximum absolute atomic E-state index is 13.1. The lowest BCUT2D eigenvalue weighted by Gasteiger charge is -2.07. The van der Waals surface area contributed by atoms with Crippen LogP contribution in [0.15, 0.2) is 6.07 Å². The van der Waals surface area contributed by atoms with Crippen molar-refractivity contribution in [2.45, 2.75) is 19.8 Å². The van der Waals surface area contributed by atoms with Crippen molar-refractivity contribution >= 4 is 28.6 Å². The molecular weight excluding hydrogens is 350 g/mol. The smallest absolute Gasteiger partial charge is 0.311 e.